The van der Waals surface area contributed by atoms with Crippen molar-refractivity contribution in [2.24, 2.45) is 0 Å². The van der Waals surface area contributed by atoms with Gasteiger partial charge in [0.25, 0.3) is 0 Å². The molecule has 0 spiro atoms. The summed E-state index contributed by atoms with van der Waals surface area (Å²) < 4.78 is 17.3. The number of phenolic OH excluding ortho intramolecular Hbond substituents is 1. The van der Waals surface area contributed by atoms with Crippen molar-refractivity contribution in [3.05, 3.63) is 24.0 Å². The summed E-state index contributed by atoms with van der Waals surface area (Å²) in [5, 5.41) is 17.5. The monoisotopic (exact) mass is 172 g/mol. The van der Waals surface area contributed by atoms with E-state index in [9.17, 15) is 4.39 Å². The molecule has 1 aromatic carbocycles. The van der Waals surface area contributed by atoms with Crippen LogP contribution in [0.2, 0.25) is 0 Å². The number of benzene rings is 1. The van der Waals surface area contributed by atoms with Crippen molar-refractivity contribution in [2.45, 2.75) is 0 Å². The van der Waals surface area contributed by atoms with Gasteiger partial charge in [0.2, 0.25) is 0 Å². The quantitative estimate of drug-likeness (QED) is 0.712. The van der Waals surface area contributed by atoms with Gasteiger partial charge in [-0.1, -0.05) is 0 Å². The van der Waals surface area contributed by atoms with E-state index in [1.165, 1.54) is 12.1 Å². The van der Waals surface area contributed by atoms with Crippen molar-refractivity contribution in [1.82, 2.24) is 0 Å². The van der Waals surface area contributed by atoms with E-state index < -0.39 is 5.82 Å². The SMILES string of the molecule is OCCOc1ccc(F)cc1O. The number of ether oxygens (including phenoxy) is 1. The molecule has 66 valence electrons. The highest BCUT2D eigenvalue weighted by Gasteiger charge is 2.02. The molecular formula is C8H9FO3. The first-order valence-corrected chi connectivity index (χ1v) is 3.46. The molecule has 4 heteroatoms. The summed E-state index contributed by atoms with van der Waals surface area (Å²) in [7, 11) is 0. The number of hydrogen-bond acceptors (Lipinski definition) is 3. The van der Waals surface area contributed by atoms with Crippen LogP contribution in [0.1, 0.15) is 0 Å². The molecule has 0 bridgehead atoms. The number of aliphatic hydroxyl groups excluding tert-OH is 1. The molecule has 0 radical (unpaired) electrons. The topological polar surface area (TPSA) is 49.7 Å². The fourth-order valence-electron chi connectivity index (χ4n) is 0.768. The summed E-state index contributed by atoms with van der Waals surface area (Å²) in [5.41, 5.74) is 0. The van der Waals surface area contributed by atoms with E-state index in [-0.39, 0.29) is 24.7 Å². The number of aliphatic hydroxyl groups is 1. The smallest absolute Gasteiger partial charge is 0.161 e. The Labute approximate surface area is 69.0 Å². The molecule has 12 heavy (non-hydrogen) atoms. The maximum Gasteiger partial charge on any atom is 0.161 e. The highest BCUT2D eigenvalue weighted by Crippen LogP contribution is 2.25. The molecule has 0 unspecified atom stereocenters. The van der Waals surface area contributed by atoms with Crippen LogP contribution in [0.25, 0.3) is 0 Å². The lowest BCUT2D eigenvalue weighted by Gasteiger charge is -2.05. The average Bonchev–Trinajstić information content (AvgIpc) is 2.03. The lowest BCUT2D eigenvalue weighted by Crippen LogP contribution is -2.01. The summed E-state index contributed by atoms with van der Waals surface area (Å²) >= 11 is 0. The molecule has 0 heterocycles. The fraction of sp³-hybridized carbons (Fsp3) is 0.250. The zero-order valence-electron chi connectivity index (χ0n) is 6.33. The maximum absolute atomic E-state index is 12.4. The predicted octanol–water partition coefficient (Wildman–Crippen LogP) is 0.902. The van der Waals surface area contributed by atoms with Crippen LogP contribution in [0.15, 0.2) is 18.2 Å². The first kappa shape index (κ1) is 8.80. The molecule has 1 rings (SSSR count). The summed E-state index contributed by atoms with van der Waals surface area (Å²) in [6, 6.07) is 3.43. The predicted molar refractivity (Wildman–Crippen MR) is 40.6 cm³/mol. The minimum absolute atomic E-state index is 0.0825. The Morgan fingerprint density at radius 2 is 2.17 bits per heavy atom. The maximum atomic E-state index is 12.4. The Kier molecular flexibility index (Phi) is 2.88. The zero-order valence-corrected chi connectivity index (χ0v) is 6.33. The van der Waals surface area contributed by atoms with Crippen molar-refractivity contribution in [3.8, 4) is 11.5 Å². The standard InChI is InChI=1S/C8H9FO3/c9-6-1-2-8(7(11)5-6)12-4-3-10/h1-2,5,10-11H,3-4H2. The van der Waals surface area contributed by atoms with E-state index in [1.54, 1.807) is 0 Å². The van der Waals surface area contributed by atoms with Gasteiger partial charge in [-0.05, 0) is 12.1 Å². The number of hydrogen-bond donors (Lipinski definition) is 2. The number of rotatable bonds is 3. The Bertz CT molecular complexity index is 262. The van der Waals surface area contributed by atoms with Crippen molar-refractivity contribution in [3.63, 3.8) is 0 Å². The molecule has 2 N–H and O–H groups in total. The summed E-state index contributed by atoms with van der Waals surface area (Å²) in [6.45, 7) is -0.0595. The molecule has 0 fully saturated rings. The van der Waals surface area contributed by atoms with Crippen LogP contribution in [0.4, 0.5) is 4.39 Å². The summed E-state index contributed by atoms with van der Waals surface area (Å²) in [4.78, 5) is 0. The molecule has 0 saturated carbocycles. The molecule has 0 aliphatic carbocycles. The van der Waals surface area contributed by atoms with E-state index in [0.29, 0.717) is 0 Å². The Morgan fingerprint density at radius 3 is 2.75 bits per heavy atom. The third-order valence-corrected chi connectivity index (χ3v) is 1.27. The van der Waals surface area contributed by atoms with Gasteiger partial charge in [0.05, 0.1) is 6.61 Å². The van der Waals surface area contributed by atoms with Crippen LogP contribution in [0.3, 0.4) is 0 Å². The zero-order chi connectivity index (χ0) is 8.97. The molecule has 0 aliphatic heterocycles. The third kappa shape index (κ3) is 2.10. The van der Waals surface area contributed by atoms with Crippen LogP contribution in [0, 0.1) is 5.82 Å². The lowest BCUT2D eigenvalue weighted by molar-refractivity contribution is 0.197. The molecule has 3 nitrogen and oxygen atoms in total. The highest BCUT2D eigenvalue weighted by atomic mass is 19.1. The minimum atomic E-state index is -0.524. The largest absolute Gasteiger partial charge is 0.504 e. The van der Waals surface area contributed by atoms with Crippen molar-refractivity contribution in [2.75, 3.05) is 13.2 Å². The normalized spacial score (nSPS) is 9.83. The van der Waals surface area contributed by atoms with E-state index >= 15 is 0 Å². The van der Waals surface area contributed by atoms with Crippen LogP contribution < -0.4 is 4.74 Å². The van der Waals surface area contributed by atoms with Gasteiger partial charge in [-0.25, -0.2) is 4.39 Å². The number of halogens is 1. The van der Waals surface area contributed by atoms with Gasteiger partial charge in [-0.15, -0.1) is 0 Å². The van der Waals surface area contributed by atoms with Crippen molar-refractivity contribution in [1.29, 1.82) is 0 Å². The Hall–Kier alpha value is -1.29. The van der Waals surface area contributed by atoms with Crippen LogP contribution >= 0.6 is 0 Å². The van der Waals surface area contributed by atoms with Gasteiger partial charge in [-0.3, -0.25) is 0 Å². The van der Waals surface area contributed by atoms with Gasteiger partial charge in [0, 0.05) is 6.07 Å². The van der Waals surface area contributed by atoms with Crippen molar-refractivity contribution < 1.29 is 19.3 Å². The van der Waals surface area contributed by atoms with Crippen LogP contribution in [-0.2, 0) is 0 Å². The highest BCUT2D eigenvalue weighted by molar-refractivity contribution is 5.38. The van der Waals surface area contributed by atoms with Crippen molar-refractivity contribution >= 4 is 0 Å². The van der Waals surface area contributed by atoms with E-state index in [0.717, 1.165) is 6.07 Å². The average molecular weight is 172 g/mol. The molecule has 0 amide bonds. The lowest BCUT2D eigenvalue weighted by atomic mass is 10.3. The molecule has 0 aliphatic rings. The molecule has 0 atom stereocenters. The van der Waals surface area contributed by atoms with Gasteiger partial charge in [0.1, 0.15) is 12.4 Å². The number of phenols is 1. The van der Waals surface area contributed by atoms with Gasteiger partial charge in [0.15, 0.2) is 11.5 Å². The van der Waals surface area contributed by atoms with E-state index in [4.69, 9.17) is 14.9 Å². The van der Waals surface area contributed by atoms with E-state index in [1.807, 2.05) is 0 Å². The first-order valence-electron chi connectivity index (χ1n) is 3.46. The summed E-state index contributed by atoms with van der Waals surface area (Å²) in [5.74, 6) is -0.613. The van der Waals surface area contributed by atoms with Crippen LogP contribution in [0.5, 0.6) is 11.5 Å². The Balaban J connectivity index is 2.72. The molecule has 0 saturated heterocycles. The second kappa shape index (κ2) is 3.92. The third-order valence-electron chi connectivity index (χ3n) is 1.27. The van der Waals surface area contributed by atoms with E-state index in [2.05, 4.69) is 0 Å². The van der Waals surface area contributed by atoms with Crippen LogP contribution in [-0.4, -0.2) is 23.4 Å². The van der Waals surface area contributed by atoms with Gasteiger partial charge < -0.3 is 14.9 Å². The molecule has 0 aromatic heterocycles. The second-order valence-corrected chi connectivity index (χ2v) is 2.18. The Morgan fingerprint density at radius 1 is 1.42 bits per heavy atom. The number of aromatic hydroxyl groups is 1. The molecule has 1 aromatic rings. The first-order chi connectivity index (χ1) is 5.74. The van der Waals surface area contributed by atoms with Gasteiger partial charge >= 0.3 is 0 Å². The fourth-order valence-corrected chi connectivity index (χ4v) is 0.768. The molecular weight excluding hydrogens is 163 g/mol. The summed E-state index contributed by atoms with van der Waals surface area (Å²) in [6.07, 6.45) is 0. The second-order valence-electron chi connectivity index (χ2n) is 2.18. The van der Waals surface area contributed by atoms with Gasteiger partial charge in [-0.2, -0.15) is 0 Å². The minimum Gasteiger partial charge on any atom is -0.504 e.